The fourth-order valence-electron chi connectivity index (χ4n) is 3.00. The monoisotopic (exact) mass is 279 g/mol. The van der Waals surface area contributed by atoms with E-state index in [-0.39, 0.29) is 29.4 Å². The van der Waals surface area contributed by atoms with Crippen molar-refractivity contribution in [1.82, 2.24) is 5.32 Å². The number of aryl methyl sites for hydroxylation is 1. The summed E-state index contributed by atoms with van der Waals surface area (Å²) in [7, 11) is -3.00. The Kier molecular flexibility index (Phi) is 3.09. The standard InChI is InChI=1S/C14H17NO3S/c16-14(11-7-8-19(17,18)9-11)15-13-6-5-10-3-1-2-4-12(10)13/h1-4,11,13H,5-9H2,(H,15,16). The smallest absolute Gasteiger partial charge is 0.224 e. The average molecular weight is 279 g/mol. The van der Waals surface area contributed by atoms with Gasteiger partial charge in [0.15, 0.2) is 9.84 Å². The molecule has 4 nitrogen and oxygen atoms in total. The molecule has 5 heteroatoms. The zero-order valence-corrected chi connectivity index (χ0v) is 11.4. The predicted octanol–water partition coefficient (Wildman–Crippen LogP) is 1.22. The van der Waals surface area contributed by atoms with E-state index in [0.717, 1.165) is 12.8 Å². The first-order valence-electron chi connectivity index (χ1n) is 6.64. The lowest BCUT2D eigenvalue weighted by Crippen LogP contribution is -2.33. The SMILES string of the molecule is O=C(NC1CCc2ccccc21)C1CCS(=O)(=O)C1. The third kappa shape index (κ3) is 2.52. The predicted molar refractivity (Wildman–Crippen MR) is 72.4 cm³/mol. The summed E-state index contributed by atoms with van der Waals surface area (Å²) in [6.45, 7) is 0. The Hall–Kier alpha value is -1.36. The van der Waals surface area contributed by atoms with E-state index in [1.54, 1.807) is 0 Å². The van der Waals surface area contributed by atoms with Gasteiger partial charge in [-0.05, 0) is 30.4 Å². The molecule has 1 aromatic carbocycles. The molecule has 0 saturated carbocycles. The van der Waals surface area contributed by atoms with Crippen LogP contribution in [-0.2, 0) is 21.1 Å². The summed E-state index contributed by atoms with van der Waals surface area (Å²) in [5.74, 6) is -0.319. The second-order valence-electron chi connectivity index (χ2n) is 5.40. The van der Waals surface area contributed by atoms with Crippen molar-refractivity contribution in [2.75, 3.05) is 11.5 Å². The van der Waals surface area contributed by atoms with Crippen molar-refractivity contribution in [1.29, 1.82) is 0 Å². The highest BCUT2D eigenvalue weighted by molar-refractivity contribution is 7.91. The van der Waals surface area contributed by atoms with E-state index in [2.05, 4.69) is 11.4 Å². The van der Waals surface area contributed by atoms with Crippen molar-refractivity contribution in [3.05, 3.63) is 35.4 Å². The van der Waals surface area contributed by atoms with Crippen molar-refractivity contribution in [3.63, 3.8) is 0 Å². The molecule has 2 unspecified atom stereocenters. The van der Waals surface area contributed by atoms with Gasteiger partial charge in [0, 0.05) is 0 Å². The summed E-state index contributed by atoms with van der Waals surface area (Å²) in [6, 6.07) is 8.16. The van der Waals surface area contributed by atoms with Crippen LogP contribution >= 0.6 is 0 Å². The number of rotatable bonds is 2. The zero-order chi connectivity index (χ0) is 13.5. The second kappa shape index (κ2) is 4.63. The summed E-state index contributed by atoms with van der Waals surface area (Å²) in [4.78, 5) is 12.1. The van der Waals surface area contributed by atoms with Gasteiger partial charge in [0.2, 0.25) is 5.91 Å². The molecule has 0 radical (unpaired) electrons. The van der Waals surface area contributed by atoms with Crippen LogP contribution in [0.15, 0.2) is 24.3 Å². The Morgan fingerprint density at radius 1 is 1.21 bits per heavy atom. The number of hydrogen-bond acceptors (Lipinski definition) is 3. The summed E-state index contributed by atoms with van der Waals surface area (Å²) in [6.07, 6.45) is 2.34. The van der Waals surface area contributed by atoms with Crippen molar-refractivity contribution >= 4 is 15.7 Å². The van der Waals surface area contributed by atoms with Crippen LogP contribution in [0.5, 0.6) is 0 Å². The molecule has 1 fully saturated rings. The molecule has 1 amide bonds. The minimum atomic E-state index is -3.00. The molecular weight excluding hydrogens is 262 g/mol. The molecule has 1 saturated heterocycles. The Bertz CT molecular complexity index is 609. The van der Waals surface area contributed by atoms with Crippen molar-refractivity contribution in [3.8, 4) is 0 Å². The molecule has 2 aliphatic rings. The molecule has 1 aromatic rings. The van der Waals surface area contributed by atoms with Crippen LogP contribution in [0.25, 0.3) is 0 Å². The first-order chi connectivity index (χ1) is 9.05. The van der Waals surface area contributed by atoms with Crippen molar-refractivity contribution in [2.24, 2.45) is 5.92 Å². The number of sulfone groups is 1. The first kappa shape index (κ1) is 12.7. The molecule has 102 valence electrons. The number of amides is 1. The number of hydrogen-bond donors (Lipinski definition) is 1. The first-order valence-corrected chi connectivity index (χ1v) is 8.46. The zero-order valence-electron chi connectivity index (χ0n) is 10.6. The minimum absolute atomic E-state index is 0.00714. The van der Waals surface area contributed by atoms with Gasteiger partial charge in [0.05, 0.1) is 23.5 Å². The lowest BCUT2D eigenvalue weighted by atomic mass is 10.1. The lowest BCUT2D eigenvalue weighted by molar-refractivity contribution is -0.125. The van der Waals surface area contributed by atoms with Crippen LogP contribution in [0, 0.1) is 5.92 Å². The molecule has 0 bridgehead atoms. The molecular formula is C14H17NO3S. The van der Waals surface area contributed by atoms with Gasteiger partial charge >= 0.3 is 0 Å². The third-order valence-corrected chi connectivity index (χ3v) is 5.82. The molecule has 1 heterocycles. The summed E-state index contributed by atoms with van der Waals surface area (Å²) < 4.78 is 22.8. The lowest BCUT2D eigenvalue weighted by Gasteiger charge is -2.16. The van der Waals surface area contributed by atoms with E-state index in [4.69, 9.17) is 0 Å². The van der Waals surface area contributed by atoms with Crippen LogP contribution < -0.4 is 5.32 Å². The highest BCUT2D eigenvalue weighted by atomic mass is 32.2. The van der Waals surface area contributed by atoms with Crippen LogP contribution in [0.2, 0.25) is 0 Å². The summed E-state index contributed by atoms with van der Waals surface area (Å²) in [5, 5.41) is 3.01. The highest BCUT2D eigenvalue weighted by Crippen LogP contribution is 2.31. The van der Waals surface area contributed by atoms with Gasteiger partial charge in [0.25, 0.3) is 0 Å². The van der Waals surface area contributed by atoms with Gasteiger partial charge < -0.3 is 5.32 Å². The number of benzene rings is 1. The molecule has 0 spiro atoms. The summed E-state index contributed by atoms with van der Waals surface area (Å²) >= 11 is 0. The fraction of sp³-hybridized carbons (Fsp3) is 0.500. The highest BCUT2D eigenvalue weighted by Gasteiger charge is 2.34. The van der Waals surface area contributed by atoms with Crippen molar-refractivity contribution in [2.45, 2.75) is 25.3 Å². The minimum Gasteiger partial charge on any atom is -0.349 e. The van der Waals surface area contributed by atoms with E-state index in [9.17, 15) is 13.2 Å². The quantitative estimate of drug-likeness (QED) is 0.885. The van der Waals surface area contributed by atoms with Gasteiger partial charge in [-0.2, -0.15) is 0 Å². The van der Waals surface area contributed by atoms with Crippen LogP contribution in [0.4, 0.5) is 0 Å². The molecule has 1 aliphatic carbocycles. The molecule has 19 heavy (non-hydrogen) atoms. The van der Waals surface area contributed by atoms with E-state index in [1.807, 2.05) is 18.2 Å². The van der Waals surface area contributed by atoms with Gasteiger partial charge in [-0.3, -0.25) is 4.79 Å². The Labute approximate surface area is 113 Å². The number of carbonyl (C=O) groups excluding carboxylic acids is 1. The van der Waals surface area contributed by atoms with Gasteiger partial charge in [-0.1, -0.05) is 24.3 Å². The topological polar surface area (TPSA) is 63.2 Å². The second-order valence-corrected chi connectivity index (χ2v) is 7.63. The maximum atomic E-state index is 12.1. The van der Waals surface area contributed by atoms with E-state index in [0.29, 0.717) is 6.42 Å². The molecule has 3 rings (SSSR count). The normalized spacial score (nSPS) is 28.0. The average Bonchev–Trinajstić information content (AvgIpc) is 2.94. The van der Waals surface area contributed by atoms with Crippen LogP contribution in [-0.4, -0.2) is 25.8 Å². The van der Waals surface area contributed by atoms with Gasteiger partial charge in [-0.15, -0.1) is 0 Å². The number of carbonyl (C=O) groups is 1. The van der Waals surface area contributed by atoms with Gasteiger partial charge in [-0.25, -0.2) is 8.42 Å². The molecule has 1 aliphatic heterocycles. The molecule has 1 N–H and O–H groups in total. The summed E-state index contributed by atoms with van der Waals surface area (Å²) in [5.41, 5.74) is 2.46. The van der Waals surface area contributed by atoms with E-state index in [1.165, 1.54) is 11.1 Å². The van der Waals surface area contributed by atoms with E-state index >= 15 is 0 Å². The molecule has 0 aromatic heterocycles. The Morgan fingerprint density at radius 3 is 2.74 bits per heavy atom. The Balaban J connectivity index is 1.69. The van der Waals surface area contributed by atoms with Crippen LogP contribution in [0.1, 0.15) is 30.0 Å². The molecule has 2 atom stereocenters. The Morgan fingerprint density at radius 2 is 2.00 bits per heavy atom. The fourth-order valence-corrected chi connectivity index (χ4v) is 4.74. The van der Waals surface area contributed by atoms with Crippen LogP contribution in [0.3, 0.4) is 0 Å². The van der Waals surface area contributed by atoms with Crippen molar-refractivity contribution < 1.29 is 13.2 Å². The maximum Gasteiger partial charge on any atom is 0.224 e. The van der Waals surface area contributed by atoms with Gasteiger partial charge in [0.1, 0.15) is 0 Å². The number of nitrogens with one attached hydrogen (secondary N) is 1. The third-order valence-electron chi connectivity index (χ3n) is 4.05. The maximum absolute atomic E-state index is 12.1. The largest absolute Gasteiger partial charge is 0.349 e. The van der Waals surface area contributed by atoms with E-state index < -0.39 is 9.84 Å². The number of fused-ring (bicyclic) bond motifs is 1.